The zero-order chi connectivity index (χ0) is 12.8. The van der Waals surface area contributed by atoms with Crippen LogP contribution in [0.4, 0.5) is 14.9 Å². The molecule has 4 nitrogen and oxygen atoms in total. The summed E-state index contributed by atoms with van der Waals surface area (Å²) in [7, 11) is 1.71. The predicted molar refractivity (Wildman–Crippen MR) is 66.3 cm³/mol. The Bertz CT molecular complexity index is 367. The number of rotatable bonds is 4. The molecular formula is C12H18FN3O. The lowest BCUT2D eigenvalue weighted by Crippen LogP contribution is -2.39. The number of nitrogens with two attached hydrogens (primary N) is 1. The topological polar surface area (TPSA) is 58.4 Å². The molecule has 0 aromatic heterocycles. The van der Waals surface area contributed by atoms with E-state index < -0.39 is 0 Å². The van der Waals surface area contributed by atoms with Crippen molar-refractivity contribution >= 4 is 11.7 Å². The number of benzene rings is 1. The maximum absolute atomic E-state index is 12.7. The summed E-state index contributed by atoms with van der Waals surface area (Å²) >= 11 is 0. The minimum atomic E-state index is -0.326. The number of urea groups is 1. The summed E-state index contributed by atoms with van der Waals surface area (Å²) in [5, 5.41) is 2.69. The third-order valence-corrected chi connectivity index (χ3v) is 2.66. The zero-order valence-corrected chi connectivity index (χ0v) is 10.1. The highest BCUT2D eigenvalue weighted by Crippen LogP contribution is 2.10. The molecule has 0 aliphatic carbocycles. The van der Waals surface area contributed by atoms with Gasteiger partial charge >= 0.3 is 6.03 Å². The number of nitrogens with one attached hydrogen (secondary N) is 1. The number of carbonyl (C=O) groups excluding carboxylic acids is 1. The molecular weight excluding hydrogens is 221 g/mol. The van der Waals surface area contributed by atoms with Crippen LogP contribution in [0.5, 0.6) is 0 Å². The van der Waals surface area contributed by atoms with E-state index >= 15 is 0 Å². The van der Waals surface area contributed by atoms with E-state index in [0.29, 0.717) is 12.2 Å². The number of hydrogen-bond donors (Lipinski definition) is 2. The molecule has 2 amide bonds. The fourth-order valence-corrected chi connectivity index (χ4v) is 1.38. The first kappa shape index (κ1) is 13.4. The van der Waals surface area contributed by atoms with Crippen LogP contribution in [-0.2, 0) is 0 Å². The van der Waals surface area contributed by atoms with Gasteiger partial charge in [0.2, 0.25) is 0 Å². The molecule has 0 aliphatic heterocycles. The van der Waals surface area contributed by atoms with E-state index in [4.69, 9.17) is 5.73 Å². The molecule has 0 radical (unpaired) electrons. The van der Waals surface area contributed by atoms with Gasteiger partial charge in [-0.15, -0.1) is 0 Å². The lowest BCUT2D eigenvalue weighted by molar-refractivity contribution is 0.206. The molecule has 94 valence electrons. The normalized spacial score (nSPS) is 12.0. The number of anilines is 1. The van der Waals surface area contributed by atoms with Crippen molar-refractivity contribution in [3.63, 3.8) is 0 Å². The van der Waals surface area contributed by atoms with Gasteiger partial charge in [0.1, 0.15) is 5.82 Å². The Morgan fingerprint density at radius 3 is 2.59 bits per heavy atom. The fourth-order valence-electron chi connectivity index (χ4n) is 1.38. The van der Waals surface area contributed by atoms with Crippen molar-refractivity contribution in [2.75, 3.05) is 18.9 Å². The summed E-state index contributed by atoms with van der Waals surface area (Å²) in [6.07, 6.45) is 0.743. The Labute approximate surface area is 101 Å². The van der Waals surface area contributed by atoms with Crippen LogP contribution in [0.2, 0.25) is 0 Å². The second-order valence-corrected chi connectivity index (χ2v) is 3.97. The van der Waals surface area contributed by atoms with Gasteiger partial charge in [0.15, 0.2) is 0 Å². The minimum Gasteiger partial charge on any atom is -0.330 e. The molecule has 0 spiro atoms. The van der Waals surface area contributed by atoms with Gasteiger partial charge in [-0.2, -0.15) is 0 Å². The number of hydrogen-bond acceptors (Lipinski definition) is 2. The van der Waals surface area contributed by atoms with Gasteiger partial charge in [0.25, 0.3) is 0 Å². The molecule has 0 heterocycles. The second-order valence-electron chi connectivity index (χ2n) is 3.97. The average molecular weight is 239 g/mol. The first-order valence-electron chi connectivity index (χ1n) is 5.54. The Kier molecular flexibility index (Phi) is 4.90. The van der Waals surface area contributed by atoms with Crippen molar-refractivity contribution in [3.05, 3.63) is 30.1 Å². The van der Waals surface area contributed by atoms with Crippen molar-refractivity contribution in [2.24, 2.45) is 5.73 Å². The monoisotopic (exact) mass is 239 g/mol. The van der Waals surface area contributed by atoms with E-state index in [1.807, 2.05) is 6.92 Å². The first-order valence-corrected chi connectivity index (χ1v) is 5.54. The van der Waals surface area contributed by atoms with E-state index in [0.717, 1.165) is 6.42 Å². The summed E-state index contributed by atoms with van der Waals surface area (Å²) in [6.45, 7) is 2.46. The Hall–Kier alpha value is -1.62. The molecule has 0 saturated carbocycles. The van der Waals surface area contributed by atoms with Crippen LogP contribution in [0.25, 0.3) is 0 Å². The Morgan fingerprint density at radius 1 is 1.47 bits per heavy atom. The average Bonchev–Trinajstić information content (AvgIpc) is 2.31. The number of nitrogens with zero attached hydrogens (tertiary/aromatic N) is 1. The summed E-state index contributed by atoms with van der Waals surface area (Å²) in [4.78, 5) is 13.4. The molecule has 3 N–H and O–H groups in total. The van der Waals surface area contributed by atoms with E-state index in [1.165, 1.54) is 24.3 Å². The van der Waals surface area contributed by atoms with Crippen molar-refractivity contribution in [1.29, 1.82) is 0 Å². The quantitative estimate of drug-likeness (QED) is 0.844. The van der Waals surface area contributed by atoms with Crippen LogP contribution < -0.4 is 11.1 Å². The highest BCUT2D eigenvalue weighted by molar-refractivity contribution is 5.89. The standard InChI is InChI=1S/C12H18FN3O/c1-9(7-8-14)16(2)12(17)15-11-5-3-10(13)4-6-11/h3-6,9H,7-8,14H2,1-2H3,(H,15,17). The fraction of sp³-hybridized carbons (Fsp3) is 0.417. The molecule has 0 fully saturated rings. The third kappa shape index (κ3) is 4.03. The largest absolute Gasteiger partial charge is 0.330 e. The van der Waals surface area contributed by atoms with Crippen LogP contribution in [0.1, 0.15) is 13.3 Å². The number of carbonyl (C=O) groups is 1. The lowest BCUT2D eigenvalue weighted by atomic mass is 10.2. The minimum absolute atomic E-state index is 0.0699. The van der Waals surface area contributed by atoms with Gasteiger partial charge < -0.3 is 16.0 Å². The van der Waals surface area contributed by atoms with Crippen molar-refractivity contribution in [1.82, 2.24) is 4.90 Å². The second kappa shape index (κ2) is 6.20. The first-order chi connectivity index (χ1) is 8.04. The van der Waals surface area contributed by atoms with Crippen LogP contribution in [-0.4, -0.2) is 30.6 Å². The molecule has 1 aromatic rings. The molecule has 0 aliphatic rings. The summed E-state index contributed by atoms with van der Waals surface area (Å²) in [6, 6.07) is 5.50. The van der Waals surface area contributed by atoms with E-state index in [9.17, 15) is 9.18 Å². The van der Waals surface area contributed by atoms with Gasteiger partial charge in [-0.05, 0) is 44.2 Å². The zero-order valence-electron chi connectivity index (χ0n) is 10.1. The molecule has 17 heavy (non-hydrogen) atoms. The van der Waals surface area contributed by atoms with Gasteiger partial charge in [-0.25, -0.2) is 9.18 Å². The highest BCUT2D eigenvalue weighted by atomic mass is 19.1. The van der Waals surface area contributed by atoms with Crippen LogP contribution >= 0.6 is 0 Å². The maximum Gasteiger partial charge on any atom is 0.321 e. The van der Waals surface area contributed by atoms with Gasteiger partial charge in [-0.3, -0.25) is 0 Å². The molecule has 0 saturated heterocycles. The SMILES string of the molecule is CC(CCN)N(C)C(=O)Nc1ccc(F)cc1. The lowest BCUT2D eigenvalue weighted by Gasteiger charge is -2.24. The van der Waals surface area contributed by atoms with Crippen molar-refractivity contribution in [2.45, 2.75) is 19.4 Å². The van der Waals surface area contributed by atoms with Crippen LogP contribution in [0, 0.1) is 5.82 Å². The van der Waals surface area contributed by atoms with E-state index in [1.54, 1.807) is 11.9 Å². The van der Waals surface area contributed by atoms with E-state index in [-0.39, 0.29) is 17.9 Å². The molecule has 1 unspecified atom stereocenters. The summed E-state index contributed by atoms with van der Waals surface area (Å²) in [5.74, 6) is -0.326. The number of halogens is 1. The number of amides is 2. The van der Waals surface area contributed by atoms with Gasteiger partial charge in [-0.1, -0.05) is 0 Å². The van der Waals surface area contributed by atoms with Crippen molar-refractivity contribution < 1.29 is 9.18 Å². The third-order valence-electron chi connectivity index (χ3n) is 2.66. The van der Waals surface area contributed by atoms with Crippen molar-refractivity contribution in [3.8, 4) is 0 Å². The van der Waals surface area contributed by atoms with E-state index in [2.05, 4.69) is 5.32 Å². The molecule has 1 aromatic carbocycles. The predicted octanol–water partition coefficient (Wildman–Crippen LogP) is 2.03. The molecule has 1 rings (SSSR count). The molecule has 0 bridgehead atoms. The Balaban J connectivity index is 2.56. The Morgan fingerprint density at radius 2 is 2.06 bits per heavy atom. The summed E-state index contributed by atoms with van der Waals surface area (Å²) < 4.78 is 12.7. The van der Waals surface area contributed by atoms with Gasteiger partial charge in [0.05, 0.1) is 0 Å². The van der Waals surface area contributed by atoms with Crippen LogP contribution in [0.3, 0.4) is 0 Å². The smallest absolute Gasteiger partial charge is 0.321 e. The highest BCUT2D eigenvalue weighted by Gasteiger charge is 2.14. The van der Waals surface area contributed by atoms with Gasteiger partial charge in [0, 0.05) is 18.8 Å². The summed E-state index contributed by atoms with van der Waals surface area (Å²) in [5.41, 5.74) is 6.01. The van der Waals surface area contributed by atoms with Crippen LogP contribution in [0.15, 0.2) is 24.3 Å². The maximum atomic E-state index is 12.7. The molecule has 5 heteroatoms. The molecule has 1 atom stereocenters.